The maximum atomic E-state index is 9.06. The van der Waals surface area contributed by atoms with E-state index in [1.165, 1.54) is 0 Å². The summed E-state index contributed by atoms with van der Waals surface area (Å²) in [6, 6.07) is 4.01. The lowest BCUT2D eigenvalue weighted by Gasteiger charge is -2.10. The van der Waals surface area contributed by atoms with Gasteiger partial charge >= 0.3 is 0 Å². The molecule has 1 rings (SSSR count). The van der Waals surface area contributed by atoms with Gasteiger partial charge in [-0.1, -0.05) is 25.6 Å². The Labute approximate surface area is 104 Å². The maximum Gasteiger partial charge on any atom is 0.129 e. The molecule has 0 saturated heterocycles. The Morgan fingerprint density at radius 2 is 1.82 bits per heavy atom. The number of nitriles is 1. The molecule has 0 aliphatic heterocycles. The summed E-state index contributed by atoms with van der Waals surface area (Å²) in [5.74, 6) is 3.17. The minimum Gasteiger partial charge on any atom is -0.397 e. The zero-order valence-electron chi connectivity index (χ0n) is 11.1. The minimum atomic E-state index is -1.43. The molecule has 0 aliphatic carbocycles. The second-order valence-electron chi connectivity index (χ2n) is 5.27. The monoisotopic (exact) mass is 242 g/mol. The minimum absolute atomic E-state index is 0.663. The first kappa shape index (κ1) is 13.4. The van der Waals surface area contributed by atoms with Gasteiger partial charge in [0, 0.05) is 0 Å². The van der Waals surface area contributed by atoms with E-state index in [1.807, 2.05) is 19.9 Å². The van der Waals surface area contributed by atoms with Crippen molar-refractivity contribution in [2.45, 2.75) is 33.5 Å². The van der Waals surface area contributed by atoms with E-state index in [9.17, 15) is 0 Å². The van der Waals surface area contributed by atoms with Crippen molar-refractivity contribution < 1.29 is 0 Å². The molecular formula is C14H18N2Si. The Morgan fingerprint density at radius 1 is 1.24 bits per heavy atom. The second kappa shape index (κ2) is 4.65. The normalized spacial score (nSPS) is 10.4. The molecule has 0 fully saturated rings. The molecule has 0 heterocycles. The number of hydrogen-bond acceptors (Lipinski definition) is 2. The Hall–Kier alpha value is -1.71. The van der Waals surface area contributed by atoms with Crippen LogP contribution >= 0.6 is 0 Å². The van der Waals surface area contributed by atoms with E-state index in [4.69, 9.17) is 11.0 Å². The topological polar surface area (TPSA) is 49.8 Å². The van der Waals surface area contributed by atoms with Gasteiger partial charge in [-0.05, 0) is 31.0 Å². The number of aryl methyl sites for hydroxylation is 1. The number of nitrogens with zero attached hydrogens (tertiary/aromatic N) is 1. The van der Waals surface area contributed by atoms with Gasteiger partial charge in [0.2, 0.25) is 0 Å². The number of nitrogens with two attached hydrogens (primary N) is 1. The summed E-state index contributed by atoms with van der Waals surface area (Å²) < 4.78 is 0. The Balaban J connectivity index is 3.47. The molecule has 2 nitrogen and oxygen atoms in total. The fourth-order valence-corrected chi connectivity index (χ4v) is 1.96. The van der Waals surface area contributed by atoms with Crippen LogP contribution in [0.3, 0.4) is 0 Å². The first-order chi connectivity index (χ1) is 7.76. The Bertz CT molecular complexity index is 549. The van der Waals surface area contributed by atoms with Crippen molar-refractivity contribution in [1.29, 1.82) is 5.26 Å². The van der Waals surface area contributed by atoms with Crippen LogP contribution in [0.2, 0.25) is 19.6 Å². The maximum absolute atomic E-state index is 9.06. The summed E-state index contributed by atoms with van der Waals surface area (Å²) in [7, 11) is -1.43. The van der Waals surface area contributed by atoms with Gasteiger partial charge in [0.05, 0.1) is 22.9 Å². The van der Waals surface area contributed by atoms with Crippen molar-refractivity contribution in [3.63, 3.8) is 0 Å². The Kier molecular flexibility index (Phi) is 3.65. The summed E-state index contributed by atoms with van der Waals surface area (Å²) >= 11 is 0. The van der Waals surface area contributed by atoms with E-state index in [2.05, 4.69) is 37.2 Å². The molecule has 2 N–H and O–H groups in total. The molecule has 0 aromatic heterocycles. The Morgan fingerprint density at radius 3 is 2.29 bits per heavy atom. The van der Waals surface area contributed by atoms with E-state index in [-0.39, 0.29) is 0 Å². The van der Waals surface area contributed by atoms with Crippen molar-refractivity contribution in [2.24, 2.45) is 0 Å². The van der Waals surface area contributed by atoms with Crippen LogP contribution in [0.25, 0.3) is 0 Å². The number of hydrogen-bond donors (Lipinski definition) is 1. The fraction of sp³-hybridized carbons (Fsp3) is 0.357. The van der Waals surface area contributed by atoms with Crippen molar-refractivity contribution in [3.05, 3.63) is 28.3 Å². The van der Waals surface area contributed by atoms with Gasteiger partial charge in [0.15, 0.2) is 0 Å². The molecule has 3 heteroatoms. The predicted octanol–water partition coefficient (Wildman–Crippen LogP) is 2.99. The summed E-state index contributed by atoms with van der Waals surface area (Å²) in [6.07, 6.45) is 0. The lowest BCUT2D eigenvalue weighted by Crippen LogP contribution is -2.16. The predicted molar refractivity (Wildman–Crippen MR) is 75.3 cm³/mol. The molecule has 0 amide bonds. The van der Waals surface area contributed by atoms with E-state index in [1.54, 1.807) is 0 Å². The van der Waals surface area contributed by atoms with Gasteiger partial charge in [0.1, 0.15) is 8.07 Å². The number of anilines is 1. The first-order valence-electron chi connectivity index (χ1n) is 5.59. The summed E-state index contributed by atoms with van der Waals surface area (Å²) in [4.78, 5) is 0. The van der Waals surface area contributed by atoms with Crippen LogP contribution in [0.1, 0.15) is 22.3 Å². The molecule has 1 aromatic rings. The van der Waals surface area contributed by atoms with Crippen molar-refractivity contribution in [2.75, 3.05) is 5.73 Å². The largest absolute Gasteiger partial charge is 0.397 e. The second-order valence-corrected chi connectivity index (χ2v) is 10.0. The smallest absolute Gasteiger partial charge is 0.129 e. The van der Waals surface area contributed by atoms with Crippen molar-refractivity contribution >= 4 is 13.8 Å². The third-order valence-corrected chi connectivity index (χ3v) is 3.39. The molecule has 1 aromatic carbocycles. The molecule has 0 bridgehead atoms. The van der Waals surface area contributed by atoms with Crippen LogP contribution in [0, 0.1) is 36.6 Å². The van der Waals surface area contributed by atoms with Crippen LogP contribution in [-0.4, -0.2) is 8.07 Å². The summed E-state index contributed by atoms with van der Waals surface area (Å²) in [5.41, 5.74) is 13.3. The molecule has 0 aliphatic rings. The standard InChI is InChI=1S/C14H18N2Si/c1-10-8-12(9-15)11(2)13(14(10)16)6-7-17(3,4)5/h8H,16H2,1-5H3. The first-order valence-corrected chi connectivity index (χ1v) is 9.09. The lowest BCUT2D eigenvalue weighted by molar-refractivity contribution is 1.33. The molecule has 0 unspecified atom stereocenters. The van der Waals surface area contributed by atoms with Gasteiger partial charge in [-0.2, -0.15) is 5.26 Å². The van der Waals surface area contributed by atoms with Crippen LogP contribution in [0.4, 0.5) is 5.69 Å². The summed E-state index contributed by atoms with van der Waals surface area (Å²) in [5, 5.41) is 9.06. The lowest BCUT2D eigenvalue weighted by atomic mass is 9.98. The van der Waals surface area contributed by atoms with Crippen LogP contribution in [-0.2, 0) is 0 Å². The highest BCUT2D eigenvalue weighted by Crippen LogP contribution is 2.23. The molecule has 88 valence electrons. The van der Waals surface area contributed by atoms with Gasteiger partial charge < -0.3 is 5.73 Å². The highest BCUT2D eigenvalue weighted by molar-refractivity contribution is 6.83. The third-order valence-electron chi connectivity index (χ3n) is 2.52. The molecule has 0 saturated carbocycles. The van der Waals surface area contributed by atoms with E-state index in [0.717, 1.165) is 16.7 Å². The summed E-state index contributed by atoms with van der Waals surface area (Å²) in [6.45, 7) is 10.4. The van der Waals surface area contributed by atoms with E-state index < -0.39 is 8.07 Å². The van der Waals surface area contributed by atoms with Crippen LogP contribution in [0.5, 0.6) is 0 Å². The van der Waals surface area contributed by atoms with Crippen molar-refractivity contribution in [1.82, 2.24) is 0 Å². The van der Waals surface area contributed by atoms with Gasteiger partial charge in [0.25, 0.3) is 0 Å². The quantitative estimate of drug-likeness (QED) is 0.432. The average Bonchev–Trinajstić information content (AvgIpc) is 2.22. The third kappa shape index (κ3) is 3.12. The molecular weight excluding hydrogens is 224 g/mol. The molecule has 17 heavy (non-hydrogen) atoms. The SMILES string of the molecule is Cc1cc(C#N)c(C)c(C#C[Si](C)(C)C)c1N. The molecule has 0 radical (unpaired) electrons. The van der Waals surface area contributed by atoms with E-state index in [0.29, 0.717) is 11.3 Å². The van der Waals surface area contributed by atoms with Crippen molar-refractivity contribution in [3.8, 4) is 17.5 Å². The number of nitrogen functional groups attached to an aromatic ring is 1. The molecule has 0 spiro atoms. The zero-order valence-corrected chi connectivity index (χ0v) is 12.1. The van der Waals surface area contributed by atoms with Crippen LogP contribution < -0.4 is 5.73 Å². The molecule has 0 atom stereocenters. The van der Waals surface area contributed by atoms with Gasteiger partial charge in [-0.15, -0.1) is 5.54 Å². The number of benzene rings is 1. The average molecular weight is 242 g/mol. The number of rotatable bonds is 0. The highest BCUT2D eigenvalue weighted by Gasteiger charge is 2.11. The zero-order chi connectivity index (χ0) is 13.2. The van der Waals surface area contributed by atoms with Crippen LogP contribution in [0.15, 0.2) is 6.07 Å². The fourth-order valence-electron chi connectivity index (χ4n) is 1.46. The van der Waals surface area contributed by atoms with Gasteiger partial charge in [-0.25, -0.2) is 0 Å². The van der Waals surface area contributed by atoms with Gasteiger partial charge in [-0.3, -0.25) is 0 Å². The highest BCUT2D eigenvalue weighted by atomic mass is 28.3. The van der Waals surface area contributed by atoms with E-state index >= 15 is 0 Å².